The average Bonchev–Trinajstić information content (AvgIpc) is 2.99. The van der Waals surface area contributed by atoms with Gasteiger partial charge in [0.2, 0.25) is 11.7 Å². The summed E-state index contributed by atoms with van der Waals surface area (Å²) in [4.78, 5) is 8.83. The van der Waals surface area contributed by atoms with Crippen LogP contribution in [-0.4, -0.2) is 21.7 Å². The molecule has 5 heteroatoms. The van der Waals surface area contributed by atoms with E-state index in [1.54, 1.807) is 0 Å². The van der Waals surface area contributed by atoms with Crippen molar-refractivity contribution in [3.63, 3.8) is 0 Å². The molecule has 2 aromatic heterocycles. The molecule has 1 aliphatic rings. The van der Waals surface area contributed by atoms with Crippen molar-refractivity contribution in [3.8, 4) is 11.5 Å². The molecule has 1 N–H and O–H groups in total. The summed E-state index contributed by atoms with van der Waals surface area (Å²) in [5, 5.41) is 7.38. The highest BCUT2D eigenvalue weighted by atomic mass is 16.5. The third-order valence-corrected chi connectivity index (χ3v) is 3.23. The van der Waals surface area contributed by atoms with Crippen molar-refractivity contribution in [2.24, 2.45) is 0 Å². The zero-order valence-electron chi connectivity index (χ0n) is 10.6. The molecule has 0 radical (unpaired) electrons. The van der Waals surface area contributed by atoms with Gasteiger partial charge in [0.05, 0.1) is 6.04 Å². The zero-order chi connectivity index (χ0) is 12.5. The molecule has 1 atom stereocenters. The molecule has 0 aromatic carbocycles. The van der Waals surface area contributed by atoms with Gasteiger partial charge in [-0.2, -0.15) is 4.98 Å². The molecule has 5 nitrogen and oxygen atoms in total. The Labute approximate surface area is 106 Å². The van der Waals surface area contributed by atoms with Gasteiger partial charge in [-0.25, -0.2) is 0 Å². The topological polar surface area (TPSA) is 63.8 Å². The SMILES string of the molecule is Cc1cnc(-c2noc(C3CCCN3)n2)c(C)c1. The van der Waals surface area contributed by atoms with E-state index >= 15 is 0 Å². The van der Waals surface area contributed by atoms with Crippen LogP contribution in [0.25, 0.3) is 11.5 Å². The zero-order valence-corrected chi connectivity index (χ0v) is 10.6. The van der Waals surface area contributed by atoms with Gasteiger partial charge in [0.15, 0.2) is 0 Å². The van der Waals surface area contributed by atoms with Crippen molar-refractivity contribution >= 4 is 0 Å². The first-order chi connectivity index (χ1) is 8.74. The lowest BCUT2D eigenvalue weighted by atomic mass is 10.1. The van der Waals surface area contributed by atoms with Gasteiger partial charge in [-0.1, -0.05) is 11.2 Å². The minimum absolute atomic E-state index is 0.206. The number of aromatic nitrogens is 3. The molecule has 2 aromatic rings. The van der Waals surface area contributed by atoms with E-state index in [0.29, 0.717) is 11.7 Å². The van der Waals surface area contributed by atoms with Crippen LogP contribution in [0.15, 0.2) is 16.8 Å². The van der Waals surface area contributed by atoms with Crippen LogP contribution in [0.5, 0.6) is 0 Å². The van der Waals surface area contributed by atoms with Crippen LogP contribution in [0.2, 0.25) is 0 Å². The molecular formula is C13H16N4O. The molecule has 18 heavy (non-hydrogen) atoms. The van der Waals surface area contributed by atoms with E-state index in [4.69, 9.17) is 4.52 Å². The van der Waals surface area contributed by atoms with Crippen molar-refractivity contribution in [1.82, 2.24) is 20.4 Å². The lowest BCUT2D eigenvalue weighted by Gasteiger charge is -2.02. The first-order valence-electron chi connectivity index (χ1n) is 6.24. The van der Waals surface area contributed by atoms with Gasteiger partial charge in [-0.05, 0) is 44.4 Å². The third-order valence-electron chi connectivity index (χ3n) is 3.23. The fourth-order valence-corrected chi connectivity index (χ4v) is 2.32. The highest BCUT2D eigenvalue weighted by Crippen LogP contribution is 2.24. The Bertz CT molecular complexity index is 558. The quantitative estimate of drug-likeness (QED) is 0.877. The maximum atomic E-state index is 5.32. The van der Waals surface area contributed by atoms with E-state index < -0.39 is 0 Å². The number of aryl methyl sites for hydroxylation is 2. The van der Waals surface area contributed by atoms with E-state index in [-0.39, 0.29) is 6.04 Å². The highest BCUT2D eigenvalue weighted by Gasteiger charge is 2.23. The second-order valence-electron chi connectivity index (χ2n) is 4.78. The predicted octanol–water partition coefficient (Wildman–Crippen LogP) is 2.17. The fourth-order valence-electron chi connectivity index (χ4n) is 2.32. The molecular weight excluding hydrogens is 228 g/mol. The maximum absolute atomic E-state index is 5.32. The van der Waals surface area contributed by atoms with Crippen molar-refractivity contribution < 1.29 is 4.52 Å². The van der Waals surface area contributed by atoms with E-state index in [1.807, 2.05) is 20.0 Å². The molecule has 0 spiro atoms. The second kappa shape index (κ2) is 4.49. The predicted molar refractivity (Wildman–Crippen MR) is 67.0 cm³/mol. The molecule has 0 amide bonds. The summed E-state index contributed by atoms with van der Waals surface area (Å²) in [5.74, 6) is 1.25. The van der Waals surface area contributed by atoms with E-state index in [2.05, 4.69) is 26.5 Å². The smallest absolute Gasteiger partial charge is 0.244 e. The summed E-state index contributed by atoms with van der Waals surface area (Å²) >= 11 is 0. The highest BCUT2D eigenvalue weighted by molar-refractivity contribution is 5.54. The first-order valence-corrected chi connectivity index (χ1v) is 6.24. The number of pyridine rings is 1. The van der Waals surface area contributed by atoms with Gasteiger partial charge in [0.1, 0.15) is 5.69 Å². The van der Waals surface area contributed by atoms with Crippen LogP contribution in [0.4, 0.5) is 0 Å². The fraction of sp³-hybridized carbons (Fsp3) is 0.462. The molecule has 3 rings (SSSR count). The molecule has 3 heterocycles. The number of nitrogens with zero attached hydrogens (tertiary/aromatic N) is 3. The summed E-state index contributed by atoms with van der Waals surface area (Å²) in [6.07, 6.45) is 4.04. The first kappa shape index (κ1) is 11.3. The van der Waals surface area contributed by atoms with E-state index in [9.17, 15) is 0 Å². The van der Waals surface area contributed by atoms with Crippen molar-refractivity contribution in [2.75, 3.05) is 6.54 Å². The Kier molecular flexibility index (Phi) is 2.83. The van der Waals surface area contributed by atoms with E-state index in [1.165, 1.54) is 0 Å². The second-order valence-corrected chi connectivity index (χ2v) is 4.78. The Morgan fingerprint density at radius 2 is 2.28 bits per heavy atom. The molecule has 94 valence electrons. The number of nitrogens with one attached hydrogen (secondary N) is 1. The number of rotatable bonds is 2. The lowest BCUT2D eigenvalue weighted by molar-refractivity contribution is 0.345. The molecule has 1 unspecified atom stereocenters. The largest absolute Gasteiger partial charge is 0.337 e. The minimum Gasteiger partial charge on any atom is -0.337 e. The summed E-state index contributed by atoms with van der Waals surface area (Å²) in [6, 6.07) is 2.28. The van der Waals surface area contributed by atoms with Gasteiger partial charge in [0.25, 0.3) is 0 Å². The van der Waals surface area contributed by atoms with Crippen molar-refractivity contribution in [2.45, 2.75) is 32.7 Å². The van der Waals surface area contributed by atoms with Crippen LogP contribution in [0.1, 0.15) is 35.9 Å². The number of hydrogen-bond donors (Lipinski definition) is 1. The summed E-state index contributed by atoms with van der Waals surface area (Å²) in [7, 11) is 0. The van der Waals surface area contributed by atoms with E-state index in [0.717, 1.165) is 36.2 Å². The van der Waals surface area contributed by atoms with Gasteiger partial charge < -0.3 is 9.84 Å². The molecule has 0 bridgehead atoms. The van der Waals surface area contributed by atoms with Crippen molar-refractivity contribution in [1.29, 1.82) is 0 Å². The normalized spacial score (nSPS) is 19.3. The van der Waals surface area contributed by atoms with Crippen LogP contribution in [0.3, 0.4) is 0 Å². The third kappa shape index (κ3) is 2.01. The van der Waals surface area contributed by atoms with Gasteiger partial charge in [0, 0.05) is 6.20 Å². The summed E-state index contributed by atoms with van der Waals surface area (Å²) in [5.41, 5.74) is 3.01. The van der Waals surface area contributed by atoms with Crippen LogP contribution < -0.4 is 5.32 Å². The number of hydrogen-bond acceptors (Lipinski definition) is 5. The van der Waals surface area contributed by atoms with Crippen LogP contribution in [0, 0.1) is 13.8 Å². The van der Waals surface area contributed by atoms with Gasteiger partial charge in [-0.15, -0.1) is 0 Å². The summed E-state index contributed by atoms with van der Waals surface area (Å²) < 4.78 is 5.32. The maximum Gasteiger partial charge on any atom is 0.244 e. The lowest BCUT2D eigenvalue weighted by Crippen LogP contribution is -2.13. The standard InChI is InChI=1S/C13H16N4O/c1-8-6-9(2)11(15-7-8)12-16-13(18-17-12)10-4-3-5-14-10/h6-7,10,14H,3-5H2,1-2H3. The minimum atomic E-state index is 0.206. The Morgan fingerprint density at radius 3 is 3.00 bits per heavy atom. The Balaban J connectivity index is 1.92. The average molecular weight is 244 g/mol. The van der Waals surface area contributed by atoms with Crippen LogP contribution >= 0.6 is 0 Å². The van der Waals surface area contributed by atoms with Crippen LogP contribution in [-0.2, 0) is 0 Å². The van der Waals surface area contributed by atoms with Gasteiger partial charge >= 0.3 is 0 Å². The Hall–Kier alpha value is -1.75. The summed E-state index contributed by atoms with van der Waals surface area (Å²) in [6.45, 7) is 5.05. The van der Waals surface area contributed by atoms with Gasteiger partial charge in [-0.3, -0.25) is 4.98 Å². The molecule has 1 saturated heterocycles. The monoisotopic (exact) mass is 244 g/mol. The van der Waals surface area contributed by atoms with Crippen molar-refractivity contribution in [3.05, 3.63) is 29.3 Å². The molecule has 1 aliphatic heterocycles. The molecule has 0 aliphatic carbocycles. The molecule has 0 saturated carbocycles. The molecule has 1 fully saturated rings. The Morgan fingerprint density at radius 1 is 1.39 bits per heavy atom.